The van der Waals surface area contributed by atoms with Gasteiger partial charge in [0.1, 0.15) is 22.1 Å². The van der Waals surface area contributed by atoms with Gasteiger partial charge in [0.2, 0.25) is 0 Å². The Bertz CT molecular complexity index is 1330. The molecule has 2 aromatic heterocycles. The Balaban J connectivity index is 1.13. The molecule has 0 aliphatic rings. The zero-order valence-corrected chi connectivity index (χ0v) is 17.3. The van der Waals surface area contributed by atoms with Gasteiger partial charge in [0.25, 0.3) is 0 Å². The molecule has 0 spiro atoms. The minimum Gasteiger partial charge on any atom is -0.150 e. The van der Waals surface area contributed by atoms with Crippen molar-refractivity contribution in [1.29, 1.82) is 0 Å². The maximum absolute atomic E-state index is 4.55. The number of aryl methyl sites for hydroxylation is 2. The van der Waals surface area contributed by atoms with Crippen molar-refractivity contribution in [2.24, 2.45) is 0 Å². The van der Waals surface area contributed by atoms with Crippen LogP contribution in [0.15, 0.2) is 97.1 Å². The lowest BCUT2D eigenvalue weighted by atomic mass is 10.0. The second-order valence-electron chi connectivity index (χ2n) is 7.79. The highest BCUT2D eigenvalue weighted by atomic mass is 15.5. The lowest BCUT2D eigenvalue weighted by Gasteiger charge is -2.05. The predicted octanol–water partition coefficient (Wildman–Crippen LogP) is 4.94. The van der Waals surface area contributed by atoms with Crippen LogP contribution in [-0.2, 0) is 12.8 Å². The van der Waals surface area contributed by atoms with Crippen molar-refractivity contribution < 1.29 is 0 Å². The number of aromatic nitrogens is 6. The van der Waals surface area contributed by atoms with Gasteiger partial charge in [0, 0.05) is 0 Å². The first-order valence-corrected chi connectivity index (χ1v) is 10.6. The largest absolute Gasteiger partial charge is 0.150 e. The first-order valence-electron chi connectivity index (χ1n) is 10.6. The van der Waals surface area contributed by atoms with Crippen LogP contribution < -0.4 is 0 Å². The Morgan fingerprint density at radius 3 is 1.03 bits per heavy atom. The van der Waals surface area contributed by atoms with E-state index in [0.717, 1.165) is 46.3 Å². The van der Waals surface area contributed by atoms with Gasteiger partial charge in [-0.15, -0.1) is 20.4 Å². The summed E-state index contributed by atoms with van der Waals surface area (Å²) in [6.45, 7) is 0. The number of hydrogen-bond acceptors (Lipinski definition) is 4. The van der Waals surface area contributed by atoms with Gasteiger partial charge >= 0.3 is 0 Å². The first-order chi connectivity index (χ1) is 15.8. The van der Waals surface area contributed by atoms with E-state index in [1.54, 1.807) is 9.59 Å². The molecule has 0 fully saturated rings. The fourth-order valence-corrected chi connectivity index (χ4v) is 3.83. The molecule has 0 unspecified atom stereocenters. The monoisotopic (exact) mass is 416 g/mol. The van der Waals surface area contributed by atoms with Gasteiger partial charge in [-0.1, -0.05) is 48.5 Å². The second kappa shape index (κ2) is 7.74. The topological polar surface area (TPSA) is 61.4 Å². The Labute approximate surface area is 184 Å². The average Bonchev–Trinajstić information content (AvgIpc) is 3.48. The Morgan fingerprint density at radius 2 is 0.719 bits per heavy atom. The average molecular weight is 416 g/mol. The number of nitrogens with zero attached hydrogens (tertiary/aromatic N) is 6. The molecule has 0 saturated carbocycles. The van der Waals surface area contributed by atoms with Crippen LogP contribution in [0.25, 0.3) is 33.4 Å². The predicted molar refractivity (Wildman–Crippen MR) is 125 cm³/mol. The van der Waals surface area contributed by atoms with Crippen LogP contribution >= 0.6 is 0 Å². The molecule has 0 radical (unpaired) electrons. The van der Waals surface area contributed by atoms with Crippen LogP contribution in [0.3, 0.4) is 0 Å². The van der Waals surface area contributed by atoms with Crippen LogP contribution in [0.4, 0.5) is 0 Å². The van der Waals surface area contributed by atoms with Gasteiger partial charge in [-0.2, -0.15) is 9.59 Å². The molecule has 6 heteroatoms. The summed E-state index contributed by atoms with van der Waals surface area (Å²) in [5, 5.41) is 18.2. The molecule has 6 aromatic rings. The van der Waals surface area contributed by atoms with Gasteiger partial charge in [-0.05, 0) is 72.5 Å². The van der Waals surface area contributed by atoms with Crippen molar-refractivity contribution >= 4 is 22.1 Å². The van der Waals surface area contributed by atoms with Crippen molar-refractivity contribution in [3.05, 3.63) is 108 Å². The fourth-order valence-electron chi connectivity index (χ4n) is 3.83. The van der Waals surface area contributed by atoms with E-state index >= 15 is 0 Å². The number of fused-ring (bicyclic) bond motifs is 2. The number of rotatable bonds is 5. The molecule has 0 aliphatic heterocycles. The standard InChI is InChI=1S/C26H20N6/c1-2-6-24-23(5-1)27-31(28-24)21-15-11-19(12-16-21)9-10-20-13-17-22(18-14-20)32-29-25-7-3-4-8-26(25)30-32/h1-8,11-18H,9-10H2. The highest BCUT2D eigenvalue weighted by molar-refractivity contribution is 5.74. The summed E-state index contributed by atoms with van der Waals surface area (Å²) in [5.41, 5.74) is 8.11. The van der Waals surface area contributed by atoms with Crippen molar-refractivity contribution in [1.82, 2.24) is 30.0 Å². The Hall–Kier alpha value is -4.32. The van der Waals surface area contributed by atoms with Crippen LogP contribution in [0, 0.1) is 0 Å². The maximum Gasteiger partial charge on any atom is 0.113 e. The highest BCUT2D eigenvalue weighted by Gasteiger charge is 2.06. The zero-order valence-electron chi connectivity index (χ0n) is 17.3. The summed E-state index contributed by atoms with van der Waals surface area (Å²) in [6.07, 6.45) is 1.94. The summed E-state index contributed by atoms with van der Waals surface area (Å²) in [6, 6.07) is 32.7. The van der Waals surface area contributed by atoms with Gasteiger partial charge in [-0.3, -0.25) is 0 Å². The van der Waals surface area contributed by atoms with Gasteiger partial charge in [0.05, 0.1) is 11.4 Å². The molecule has 0 bridgehead atoms. The zero-order chi connectivity index (χ0) is 21.3. The molecule has 6 rings (SSSR count). The van der Waals surface area contributed by atoms with Crippen molar-refractivity contribution in [3.8, 4) is 11.4 Å². The molecule has 0 amide bonds. The Morgan fingerprint density at radius 1 is 0.406 bits per heavy atom. The SMILES string of the molecule is c1ccc2nn(-c3ccc(CCc4ccc(-n5nc6ccccc6n5)cc4)cc3)nc2c1. The molecule has 0 atom stereocenters. The molecule has 6 nitrogen and oxygen atoms in total. The molecule has 0 aliphatic carbocycles. The molecule has 0 saturated heterocycles. The summed E-state index contributed by atoms with van der Waals surface area (Å²) in [4.78, 5) is 3.39. The fraction of sp³-hybridized carbons (Fsp3) is 0.0769. The molecule has 32 heavy (non-hydrogen) atoms. The van der Waals surface area contributed by atoms with Gasteiger partial charge in [-0.25, -0.2) is 0 Å². The third-order valence-electron chi connectivity index (χ3n) is 5.61. The second-order valence-corrected chi connectivity index (χ2v) is 7.79. The third kappa shape index (κ3) is 3.52. The summed E-state index contributed by atoms with van der Waals surface area (Å²) < 4.78 is 0. The molecule has 2 heterocycles. The van der Waals surface area contributed by atoms with E-state index in [2.05, 4.69) is 68.9 Å². The minimum atomic E-state index is 0.901. The summed E-state index contributed by atoms with van der Waals surface area (Å²) in [5.74, 6) is 0. The number of hydrogen-bond donors (Lipinski definition) is 0. The van der Waals surface area contributed by atoms with Crippen LogP contribution in [-0.4, -0.2) is 30.0 Å². The minimum absolute atomic E-state index is 0.901. The maximum atomic E-state index is 4.55. The first kappa shape index (κ1) is 18.4. The molecule has 0 N–H and O–H groups in total. The van der Waals surface area contributed by atoms with E-state index in [1.807, 2.05) is 48.5 Å². The highest BCUT2D eigenvalue weighted by Crippen LogP contribution is 2.16. The van der Waals surface area contributed by atoms with E-state index in [1.165, 1.54) is 11.1 Å². The molecule has 154 valence electrons. The van der Waals surface area contributed by atoms with Crippen LogP contribution in [0.1, 0.15) is 11.1 Å². The quantitative estimate of drug-likeness (QED) is 0.399. The lowest BCUT2D eigenvalue weighted by Crippen LogP contribution is -2.00. The molecular weight excluding hydrogens is 396 g/mol. The van der Waals surface area contributed by atoms with E-state index in [9.17, 15) is 0 Å². The van der Waals surface area contributed by atoms with Crippen molar-refractivity contribution in [3.63, 3.8) is 0 Å². The molecular formula is C26H20N6. The van der Waals surface area contributed by atoms with Crippen molar-refractivity contribution in [2.45, 2.75) is 12.8 Å². The van der Waals surface area contributed by atoms with E-state index in [4.69, 9.17) is 0 Å². The van der Waals surface area contributed by atoms with Gasteiger partial charge in [0.15, 0.2) is 0 Å². The Kier molecular flexibility index (Phi) is 4.46. The summed E-state index contributed by atoms with van der Waals surface area (Å²) in [7, 11) is 0. The van der Waals surface area contributed by atoms with E-state index < -0.39 is 0 Å². The third-order valence-corrected chi connectivity index (χ3v) is 5.61. The van der Waals surface area contributed by atoms with E-state index in [0.29, 0.717) is 0 Å². The van der Waals surface area contributed by atoms with Gasteiger partial charge < -0.3 is 0 Å². The van der Waals surface area contributed by atoms with Crippen LogP contribution in [0.2, 0.25) is 0 Å². The van der Waals surface area contributed by atoms with Crippen LogP contribution in [0.5, 0.6) is 0 Å². The molecule has 4 aromatic carbocycles. The van der Waals surface area contributed by atoms with E-state index in [-0.39, 0.29) is 0 Å². The smallest absolute Gasteiger partial charge is 0.113 e. The van der Waals surface area contributed by atoms with Crippen molar-refractivity contribution in [2.75, 3.05) is 0 Å². The summed E-state index contributed by atoms with van der Waals surface area (Å²) >= 11 is 0. The lowest BCUT2D eigenvalue weighted by molar-refractivity contribution is 0.764. The number of benzene rings is 4. The normalized spacial score (nSPS) is 11.4.